The van der Waals surface area contributed by atoms with Crippen molar-refractivity contribution >= 4 is 23.4 Å². The van der Waals surface area contributed by atoms with Gasteiger partial charge in [-0.25, -0.2) is 9.59 Å². The second-order valence-corrected chi connectivity index (χ2v) is 5.38. The molecule has 2 amide bonds. The molecule has 2 N–H and O–H groups in total. The monoisotopic (exact) mass is 291 g/mol. The number of nitrogens with zero attached hydrogens (tertiary/aromatic N) is 2. The third-order valence-electron chi connectivity index (χ3n) is 3.68. The Morgan fingerprint density at radius 2 is 2.00 bits per heavy atom. The normalized spacial score (nSPS) is 18.2. The van der Waals surface area contributed by atoms with Crippen LogP contribution in [0.15, 0.2) is 24.3 Å². The fourth-order valence-corrected chi connectivity index (χ4v) is 2.59. The molecule has 1 saturated heterocycles. The number of benzene rings is 1. The largest absolute Gasteiger partial charge is 0.480 e. The van der Waals surface area contributed by atoms with E-state index in [1.165, 1.54) is 4.90 Å². The van der Waals surface area contributed by atoms with Crippen molar-refractivity contribution < 1.29 is 14.7 Å². The van der Waals surface area contributed by atoms with Crippen molar-refractivity contribution in [2.45, 2.75) is 25.3 Å². The van der Waals surface area contributed by atoms with Crippen molar-refractivity contribution in [3.63, 3.8) is 0 Å². The fourth-order valence-electron chi connectivity index (χ4n) is 2.59. The molecular formula is C15H21N3O3. The van der Waals surface area contributed by atoms with Crippen molar-refractivity contribution in [1.82, 2.24) is 4.90 Å². The first-order valence-electron chi connectivity index (χ1n) is 7.07. The summed E-state index contributed by atoms with van der Waals surface area (Å²) in [6.07, 6.45) is 2.19. The van der Waals surface area contributed by atoms with Crippen LogP contribution in [0.4, 0.5) is 16.2 Å². The lowest BCUT2D eigenvalue weighted by Crippen LogP contribution is -2.49. The molecule has 0 radical (unpaired) electrons. The van der Waals surface area contributed by atoms with E-state index in [1.54, 1.807) is 0 Å². The number of aliphatic carboxylic acids is 1. The fraction of sp³-hybridized carbons (Fsp3) is 0.467. The van der Waals surface area contributed by atoms with Gasteiger partial charge in [-0.05, 0) is 31.4 Å². The lowest BCUT2D eigenvalue weighted by Gasteiger charge is -2.33. The molecular weight excluding hydrogens is 270 g/mol. The highest BCUT2D eigenvalue weighted by Gasteiger charge is 2.32. The Kier molecular flexibility index (Phi) is 4.67. The number of anilines is 2. The number of urea groups is 1. The minimum atomic E-state index is -0.939. The molecule has 1 aromatic rings. The van der Waals surface area contributed by atoms with Crippen LogP contribution in [-0.2, 0) is 4.79 Å². The summed E-state index contributed by atoms with van der Waals surface area (Å²) in [7, 11) is 3.79. The molecule has 1 heterocycles. The number of hydrogen-bond acceptors (Lipinski definition) is 3. The first kappa shape index (κ1) is 15.2. The van der Waals surface area contributed by atoms with E-state index in [2.05, 4.69) is 5.32 Å². The lowest BCUT2D eigenvalue weighted by atomic mass is 10.0. The van der Waals surface area contributed by atoms with Gasteiger partial charge in [0.15, 0.2) is 0 Å². The van der Waals surface area contributed by atoms with Crippen LogP contribution in [0, 0.1) is 0 Å². The van der Waals surface area contributed by atoms with Gasteiger partial charge in [-0.3, -0.25) is 0 Å². The number of likely N-dealkylation sites (tertiary alicyclic amines) is 1. The SMILES string of the molecule is CN(C)c1ccccc1NC(=O)N1CCCCC1C(=O)O. The zero-order valence-electron chi connectivity index (χ0n) is 12.4. The first-order valence-corrected chi connectivity index (χ1v) is 7.07. The summed E-state index contributed by atoms with van der Waals surface area (Å²) in [5, 5.41) is 12.1. The third-order valence-corrected chi connectivity index (χ3v) is 3.68. The molecule has 6 heteroatoms. The van der Waals surface area contributed by atoms with Gasteiger partial charge in [0.1, 0.15) is 6.04 Å². The summed E-state index contributed by atoms with van der Waals surface area (Å²) in [6.45, 7) is 0.479. The van der Waals surface area contributed by atoms with E-state index < -0.39 is 12.0 Å². The van der Waals surface area contributed by atoms with Crippen LogP contribution in [0.2, 0.25) is 0 Å². The van der Waals surface area contributed by atoms with Gasteiger partial charge in [-0.2, -0.15) is 0 Å². The van der Waals surface area contributed by atoms with E-state index in [-0.39, 0.29) is 6.03 Å². The Morgan fingerprint density at radius 3 is 2.67 bits per heavy atom. The van der Waals surface area contributed by atoms with Crippen molar-refractivity contribution in [3.8, 4) is 0 Å². The van der Waals surface area contributed by atoms with E-state index in [0.29, 0.717) is 18.7 Å². The number of nitrogens with one attached hydrogen (secondary N) is 1. The number of carbonyl (C=O) groups excluding carboxylic acids is 1. The Hall–Kier alpha value is -2.24. The Bertz CT molecular complexity index is 531. The predicted molar refractivity (Wildman–Crippen MR) is 81.8 cm³/mol. The molecule has 6 nitrogen and oxygen atoms in total. The molecule has 0 aliphatic carbocycles. The molecule has 0 aromatic heterocycles. The second kappa shape index (κ2) is 6.47. The topological polar surface area (TPSA) is 72.9 Å². The van der Waals surface area contributed by atoms with Gasteiger partial charge in [0.2, 0.25) is 0 Å². The zero-order valence-corrected chi connectivity index (χ0v) is 12.4. The van der Waals surface area contributed by atoms with Crippen LogP contribution in [-0.4, -0.2) is 48.7 Å². The molecule has 0 saturated carbocycles. The minimum absolute atomic E-state index is 0.351. The Balaban J connectivity index is 2.15. The van der Waals surface area contributed by atoms with Gasteiger partial charge in [0, 0.05) is 20.6 Å². The van der Waals surface area contributed by atoms with Crippen LogP contribution in [0.25, 0.3) is 0 Å². The maximum Gasteiger partial charge on any atom is 0.326 e. The van der Waals surface area contributed by atoms with Gasteiger partial charge in [-0.1, -0.05) is 12.1 Å². The number of hydrogen-bond donors (Lipinski definition) is 2. The van der Waals surface area contributed by atoms with Crippen molar-refractivity contribution in [2.75, 3.05) is 30.9 Å². The van der Waals surface area contributed by atoms with Crippen LogP contribution in [0.3, 0.4) is 0 Å². The molecule has 1 aromatic carbocycles. The van der Waals surface area contributed by atoms with Crippen LogP contribution < -0.4 is 10.2 Å². The average molecular weight is 291 g/mol. The summed E-state index contributed by atoms with van der Waals surface area (Å²) < 4.78 is 0. The predicted octanol–water partition coefficient (Wildman–Crippen LogP) is 2.22. The molecule has 0 spiro atoms. The summed E-state index contributed by atoms with van der Waals surface area (Å²) >= 11 is 0. The van der Waals surface area contributed by atoms with Crippen LogP contribution in [0.5, 0.6) is 0 Å². The second-order valence-electron chi connectivity index (χ2n) is 5.38. The summed E-state index contributed by atoms with van der Waals surface area (Å²) in [5.74, 6) is -0.939. The smallest absolute Gasteiger partial charge is 0.326 e. The average Bonchev–Trinajstić information content (AvgIpc) is 2.47. The number of carboxylic acid groups (broad SMARTS) is 1. The van der Waals surface area contributed by atoms with Crippen molar-refractivity contribution in [1.29, 1.82) is 0 Å². The number of rotatable bonds is 3. The van der Waals surface area contributed by atoms with E-state index in [0.717, 1.165) is 18.5 Å². The summed E-state index contributed by atoms with van der Waals surface area (Å²) in [5.41, 5.74) is 1.57. The molecule has 0 bridgehead atoms. The summed E-state index contributed by atoms with van der Waals surface area (Å²) in [6, 6.07) is 6.37. The lowest BCUT2D eigenvalue weighted by molar-refractivity contribution is -0.143. The molecule has 2 rings (SSSR count). The van der Waals surface area contributed by atoms with Gasteiger partial charge in [-0.15, -0.1) is 0 Å². The zero-order chi connectivity index (χ0) is 15.4. The van der Waals surface area contributed by atoms with Gasteiger partial charge >= 0.3 is 12.0 Å². The summed E-state index contributed by atoms with van der Waals surface area (Å²) in [4.78, 5) is 27.0. The maximum atomic E-state index is 12.4. The number of carboxylic acids is 1. The number of para-hydroxylation sites is 2. The van der Waals surface area contributed by atoms with Gasteiger partial charge in [0.05, 0.1) is 11.4 Å². The number of carbonyl (C=O) groups is 2. The molecule has 1 atom stereocenters. The first-order chi connectivity index (χ1) is 10.0. The number of piperidine rings is 1. The standard InChI is InChI=1S/C15H21N3O3/c1-17(2)12-8-4-3-7-11(12)16-15(21)18-10-6-5-9-13(18)14(19)20/h3-4,7-8,13H,5-6,9-10H2,1-2H3,(H,16,21)(H,19,20). The highest BCUT2D eigenvalue weighted by Crippen LogP contribution is 2.25. The Morgan fingerprint density at radius 1 is 1.29 bits per heavy atom. The molecule has 1 unspecified atom stereocenters. The van der Waals surface area contributed by atoms with Crippen molar-refractivity contribution in [3.05, 3.63) is 24.3 Å². The molecule has 21 heavy (non-hydrogen) atoms. The molecule has 1 fully saturated rings. The minimum Gasteiger partial charge on any atom is -0.480 e. The third kappa shape index (κ3) is 3.45. The Labute approximate surface area is 124 Å². The highest BCUT2D eigenvalue weighted by atomic mass is 16.4. The van der Waals surface area contributed by atoms with E-state index >= 15 is 0 Å². The van der Waals surface area contributed by atoms with E-state index in [1.807, 2.05) is 43.3 Å². The van der Waals surface area contributed by atoms with E-state index in [4.69, 9.17) is 0 Å². The molecule has 114 valence electrons. The molecule has 1 aliphatic rings. The van der Waals surface area contributed by atoms with Gasteiger partial charge < -0.3 is 20.2 Å². The van der Waals surface area contributed by atoms with Crippen LogP contribution >= 0.6 is 0 Å². The molecule has 1 aliphatic heterocycles. The van der Waals surface area contributed by atoms with Crippen LogP contribution in [0.1, 0.15) is 19.3 Å². The maximum absolute atomic E-state index is 12.4. The van der Waals surface area contributed by atoms with Gasteiger partial charge in [0.25, 0.3) is 0 Å². The van der Waals surface area contributed by atoms with E-state index in [9.17, 15) is 14.7 Å². The number of amides is 2. The highest BCUT2D eigenvalue weighted by molar-refractivity contribution is 5.95. The quantitative estimate of drug-likeness (QED) is 0.895. The van der Waals surface area contributed by atoms with Crippen molar-refractivity contribution in [2.24, 2.45) is 0 Å².